The lowest BCUT2D eigenvalue weighted by Crippen LogP contribution is -2.40. The topological polar surface area (TPSA) is 82.1 Å². The predicted octanol–water partition coefficient (Wildman–Crippen LogP) is 2.74. The molecule has 0 amide bonds. The molecule has 0 aliphatic carbocycles. The zero-order valence-electron chi connectivity index (χ0n) is 15.3. The number of nitrogens with zero attached hydrogens (tertiary/aromatic N) is 1. The van der Waals surface area contributed by atoms with Crippen molar-refractivity contribution in [2.45, 2.75) is 4.90 Å². The Morgan fingerprint density at radius 2 is 1.86 bits per heavy atom. The highest BCUT2D eigenvalue weighted by atomic mass is 35.5. The number of halogens is 2. The normalized spacial score (nSPS) is 15.1. The number of carbonyl (C=O) groups is 1. The molecule has 0 radical (unpaired) electrons. The van der Waals surface area contributed by atoms with Crippen molar-refractivity contribution >= 4 is 27.6 Å². The van der Waals surface area contributed by atoms with Crippen molar-refractivity contribution in [1.82, 2.24) is 4.31 Å². The van der Waals surface area contributed by atoms with Gasteiger partial charge in [0, 0.05) is 13.1 Å². The van der Waals surface area contributed by atoms with Gasteiger partial charge in [-0.15, -0.1) is 0 Å². The zero-order valence-corrected chi connectivity index (χ0v) is 16.9. The van der Waals surface area contributed by atoms with E-state index in [-0.39, 0.29) is 47.5 Å². The first kappa shape index (κ1) is 21.5. The highest BCUT2D eigenvalue weighted by Gasteiger charge is 2.29. The highest BCUT2D eigenvalue weighted by Crippen LogP contribution is 2.27. The van der Waals surface area contributed by atoms with Gasteiger partial charge in [0.1, 0.15) is 18.1 Å². The molecule has 0 unspecified atom stereocenters. The van der Waals surface area contributed by atoms with Gasteiger partial charge in [0.2, 0.25) is 10.0 Å². The van der Waals surface area contributed by atoms with E-state index < -0.39 is 21.8 Å². The smallest absolute Gasteiger partial charge is 0.338 e. The molecule has 1 aliphatic rings. The van der Waals surface area contributed by atoms with Gasteiger partial charge in [-0.2, -0.15) is 4.31 Å². The Bertz CT molecular complexity index is 978. The SMILES string of the molecule is O=C(OCCOc1ccccc1F)c1ccc(Cl)c(S(=O)(=O)N2CCOCC2)c1. The Balaban J connectivity index is 1.64. The van der Waals surface area contributed by atoms with Crippen molar-refractivity contribution in [3.05, 3.63) is 58.9 Å². The summed E-state index contributed by atoms with van der Waals surface area (Å²) in [6, 6.07) is 9.76. The monoisotopic (exact) mass is 443 g/mol. The van der Waals surface area contributed by atoms with Crippen LogP contribution in [0.5, 0.6) is 5.75 Å². The quantitative estimate of drug-likeness (QED) is 0.483. The number of morpholine rings is 1. The van der Waals surface area contributed by atoms with Crippen molar-refractivity contribution in [1.29, 1.82) is 0 Å². The molecule has 1 saturated heterocycles. The second kappa shape index (κ2) is 9.53. The fourth-order valence-electron chi connectivity index (χ4n) is 2.69. The molecular formula is C19H19ClFNO6S. The molecule has 1 heterocycles. The summed E-state index contributed by atoms with van der Waals surface area (Å²) >= 11 is 6.07. The number of rotatable bonds is 7. The molecule has 0 bridgehead atoms. The maximum absolute atomic E-state index is 13.5. The lowest BCUT2D eigenvalue weighted by Gasteiger charge is -2.26. The molecule has 0 aromatic heterocycles. The maximum atomic E-state index is 13.5. The minimum Gasteiger partial charge on any atom is -0.487 e. The lowest BCUT2D eigenvalue weighted by atomic mass is 10.2. The largest absolute Gasteiger partial charge is 0.487 e. The zero-order chi connectivity index (χ0) is 20.9. The van der Waals surface area contributed by atoms with E-state index in [0.29, 0.717) is 13.2 Å². The van der Waals surface area contributed by atoms with E-state index in [9.17, 15) is 17.6 Å². The molecule has 156 valence electrons. The van der Waals surface area contributed by atoms with Gasteiger partial charge in [-0.3, -0.25) is 0 Å². The van der Waals surface area contributed by atoms with E-state index in [1.54, 1.807) is 6.07 Å². The molecule has 0 spiro atoms. The third-order valence-electron chi connectivity index (χ3n) is 4.17. The molecule has 7 nitrogen and oxygen atoms in total. The van der Waals surface area contributed by atoms with Crippen LogP contribution in [-0.2, 0) is 19.5 Å². The number of carbonyl (C=O) groups excluding carboxylic acids is 1. The van der Waals surface area contributed by atoms with Crippen molar-refractivity contribution in [2.24, 2.45) is 0 Å². The Morgan fingerprint density at radius 1 is 1.14 bits per heavy atom. The minimum atomic E-state index is -3.87. The van der Waals surface area contributed by atoms with Crippen LogP contribution in [0.4, 0.5) is 4.39 Å². The van der Waals surface area contributed by atoms with E-state index in [4.69, 9.17) is 25.8 Å². The molecule has 10 heteroatoms. The van der Waals surface area contributed by atoms with E-state index in [2.05, 4.69) is 0 Å². The molecule has 0 saturated carbocycles. The summed E-state index contributed by atoms with van der Waals surface area (Å²) in [7, 11) is -3.87. The Labute approximate surface area is 173 Å². The molecule has 3 rings (SSSR count). The Morgan fingerprint density at radius 3 is 2.59 bits per heavy atom. The molecule has 29 heavy (non-hydrogen) atoms. The van der Waals surface area contributed by atoms with Crippen LogP contribution in [0, 0.1) is 5.82 Å². The minimum absolute atomic E-state index is 0.0101. The first-order valence-corrected chi connectivity index (χ1v) is 10.6. The maximum Gasteiger partial charge on any atom is 0.338 e. The van der Waals surface area contributed by atoms with Gasteiger partial charge in [-0.05, 0) is 30.3 Å². The fourth-order valence-corrected chi connectivity index (χ4v) is 4.59. The standard InChI is InChI=1S/C19H19ClFNO6S/c20-15-6-5-14(13-18(15)29(24,25)22-7-9-26-10-8-22)19(23)28-12-11-27-17-4-2-1-3-16(17)21/h1-6,13H,7-12H2. The molecule has 1 aliphatic heterocycles. The fraction of sp³-hybridized carbons (Fsp3) is 0.316. The summed E-state index contributed by atoms with van der Waals surface area (Å²) in [5.74, 6) is -1.21. The van der Waals surface area contributed by atoms with Crippen LogP contribution in [0.25, 0.3) is 0 Å². The van der Waals surface area contributed by atoms with Crippen LogP contribution in [0.3, 0.4) is 0 Å². The molecule has 2 aromatic rings. The number of para-hydroxylation sites is 1. The average molecular weight is 444 g/mol. The van der Waals surface area contributed by atoms with Crippen LogP contribution in [0.1, 0.15) is 10.4 Å². The van der Waals surface area contributed by atoms with Gasteiger partial charge in [-0.25, -0.2) is 17.6 Å². The second-order valence-corrected chi connectivity index (χ2v) is 8.39. The van der Waals surface area contributed by atoms with Crippen LogP contribution >= 0.6 is 11.6 Å². The number of hydrogen-bond donors (Lipinski definition) is 0. The van der Waals surface area contributed by atoms with Crippen LogP contribution in [-0.4, -0.2) is 58.2 Å². The third kappa shape index (κ3) is 5.24. The number of hydrogen-bond acceptors (Lipinski definition) is 6. The van der Waals surface area contributed by atoms with Crippen LogP contribution in [0.2, 0.25) is 5.02 Å². The second-order valence-electron chi connectivity index (χ2n) is 6.08. The summed E-state index contributed by atoms with van der Waals surface area (Å²) in [4.78, 5) is 12.1. The summed E-state index contributed by atoms with van der Waals surface area (Å²) in [6.45, 7) is 0.809. The van der Waals surface area contributed by atoms with Crippen LogP contribution in [0.15, 0.2) is 47.4 Å². The summed E-state index contributed by atoms with van der Waals surface area (Å²) in [6.07, 6.45) is 0. The van der Waals surface area contributed by atoms with Crippen molar-refractivity contribution < 1.29 is 31.8 Å². The summed E-state index contributed by atoms with van der Waals surface area (Å²) < 4.78 is 55.8. The van der Waals surface area contributed by atoms with Gasteiger partial charge in [0.05, 0.1) is 23.8 Å². The molecule has 2 aromatic carbocycles. The van der Waals surface area contributed by atoms with Gasteiger partial charge in [0.15, 0.2) is 11.6 Å². The van der Waals surface area contributed by atoms with Gasteiger partial charge >= 0.3 is 5.97 Å². The van der Waals surface area contributed by atoms with E-state index >= 15 is 0 Å². The summed E-state index contributed by atoms with van der Waals surface area (Å²) in [5.41, 5.74) is 0.0344. The lowest BCUT2D eigenvalue weighted by molar-refractivity contribution is 0.0448. The number of sulfonamides is 1. The molecular weight excluding hydrogens is 425 g/mol. The first-order chi connectivity index (χ1) is 13.9. The predicted molar refractivity (Wildman–Crippen MR) is 103 cm³/mol. The Kier molecular flexibility index (Phi) is 7.07. The van der Waals surface area contributed by atoms with Crippen LogP contribution < -0.4 is 4.74 Å². The number of ether oxygens (including phenoxy) is 3. The molecule has 0 N–H and O–H groups in total. The number of esters is 1. The average Bonchev–Trinajstić information content (AvgIpc) is 2.73. The van der Waals surface area contributed by atoms with Gasteiger partial charge in [-0.1, -0.05) is 23.7 Å². The summed E-state index contributed by atoms with van der Waals surface area (Å²) in [5, 5.41) is 0.0101. The van der Waals surface area contributed by atoms with Gasteiger partial charge < -0.3 is 14.2 Å². The van der Waals surface area contributed by atoms with Crippen molar-refractivity contribution in [3.8, 4) is 5.75 Å². The number of benzene rings is 2. The van der Waals surface area contributed by atoms with Crippen molar-refractivity contribution in [3.63, 3.8) is 0 Å². The first-order valence-electron chi connectivity index (χ1n) is 8.81. The van der Waals surface area contributed by atoms with Gasteiger partial charge in [0.25, 0.3) is 0 Å². The third-order valence-corrected chi connectivity index (χ3v) is 6.55. The van der Waals surface area contributed by atoms with E-state index in [1.165, 1.54) is 40.7 Å². The van der Waals surface area contributed by atoms with E-state index in [0.717, 1.165) is 0 Å². The van der Waals surface area contributed by atoms with E-state index in [1.807, 2.05) is 0 Å². The molecule has 0 atom stereocenters. The Hall–Kier alpha value is -2.20. The van der Waals surface area contributed by atoms with Crippen molar-refractivity contribution in [2.75, 3.05) is 39.5 Å². The molecule has 1 fully saturated rings. The highest BCUT2D eigenvalue weighted by molar-refractivity contribution is 7.89.